The minimum Gasteiger partial charge on any atom is -0.369 e. The molecule has 4 heteroatoms. The van der Waals surface area contributed by atoms with Gasteiger partial charge in [0.2, 0.25) is 0 Å². The van der Waals surface area contributed by atoms with Gasteiger partial charge in [0, 0.05) is 42.4 Å². The summed E-state index contributed by atoms with van der Waals surface area (Å²) >= 11 is 3.51. The van der Waals surface area contributed by atoms with E-state index in [0.717, 1.165) is 23.6 Å². The third-order valence-corrected chi connectivity index (χ3v) is 5.24. The molecule has 3 rings (SSSR count). The summed E-state index contributed by atoms with van der Waals surface area (Å²) in [6.07, 6.45) is 2.68. The van der Waals surface area contributed by atoms with E-state index >= 15 is 0 Å². The molecule has 2 aliphatic heterocycles. The first-order valence-corrected chi connectivity index (χ1v) is 8.45. The first-order chi connectivity index (χ1) is 9.72. The van der Waals surface area contributed by atoms with Crippen LogP contribution in [0.1, 0.15) is 12.8 Å². The van der Waals surface area contributed by atoms with E-state index in [1.54, 1.807) is 0 Å². The summed E-state index contributed by atoms with van der Waals surface area (Å²) in [5.74, 6) is 0. The van der Waals surface area contributed by atoms with Crippen LogP contribution in [0.4, 0.5) is 5.69 Å². The predicted molar refractivity (Wildman–Crippen MR) is 88.4 cm³/mol. The van der Waals surface area contributed by atoms with Gasteiger partial charge in [0.05, 0.1) is 0 Å². The SMILES string of the molecule is CN1CCC(N2CCN(c3ccc(Br)cc3)CC2)CC1. The van der Waals surface area contributed by atoms with Crippen LogP contribution in [0, 0.1) is 0 Å². The van der Waals surface area contributed by atoms with Crippen LogP contribution in [0.2, 0.25) is 0 Å². The average Bonchev–Trinajstić information content (AvgIpc) is 2.49. The molecule has 0 radical (unpaired) electrons. The highest BCUT2D eigenvalue weighted by Crippen LogP contribution is 2.22. The molecule has 0 N–H and O–H groups in total. The molecule has 2 fully saturated rings. The van der Waals surface area contributed by atoms with Crippen molar-refractivity contribution in [1.82, 2.24) is 9.80 Å². The molecule has 3 nitrogen and oxygen atoms in total. The number of hydrogen-bond donors (Lipinski definition) is 0. The molecule has 0 aliphatic carbocycles. The number of likely N-dealkylation sites (tertiary alicyclic amines) is 1. The summed E-state index contributed by atoms with van der Waals surface area (Å²) in [4.78, 5) is 7.68. The van der Waals surface area contributed by atoms with Gasteiger partial charge in [-0.3, -0.25) is 4.90 Å². The molecule has 0 amide bonds. The molecule has 0 atom stereocenters. The first kappa shape index (κ1) is 14.4. The zero-order valence-electron chi connectivity index (χ0n) is 12.3. The summed E-state index contributed by atoms with van der Waals surface area (Å²) in [5.41, 5.74) is 1.36. The van der Waals surface area contributed by atoms with Gasteiger partial charge in [-0.1, -0.05) is 15.9 Å². The Morgan fingerprint density at radius 3 is 2.10 bits per heavy atom. The number of hydrogen-bond acceptors (Lipinski definition) is 3. The molecule has 0 bridgehead atoms. The van der Waals surface area contributed by atoms with Gasteiger partial charge < -0.3 is 9.80 Å². The van der Waals surface area contributed by atoms with E-state index in [-0.39, 0.29) is 0 Å². The van der Waals surface area contributed by atoms with Gasteiger partial charge in [0.25, 0.3) is 0 Å². The van der Waals surface area contributed by atoms with Crippen molar-refractivity contribution in [1.29, 1.82) is 0 Å². The summed E-state index contributed by atoms with van der Waals surface area (Å²) in [6.45, 7) is 7.27. The lowest BCUT2D eigenvalue weighted by atomic mass is 10.0. The Bertz CT molecular complexity index is 418. The van der Waals surface area contributed by atoms with Crippen molar-refractivity contribution in [2.75, 3.05) is 51.2 Å². The van der Waals surface area contributed by atoms with Crippen LogP contribution >= 0.6 is 15.9 Å². The Morgan fingerprint density at radius 1 is 0.900 bits per heavy atom. The van der Waals surface area contributed by atoms with E-state index in [1.807, 2.05) is 0 Å². The number of benzene rings is 1. The second-order valence-corrected chi connectivity index (χ2v) is 6.95. The molecule has 1 aromatic rings. The van der Waals surface area contributed by atoms with E-state index < -0.39 is 0 Å². The topological polar surface area (TPSA) is 9.72 Å². The molecule has 20 heavy (non-hydrogen) atoms. The average molecular weight is 338 g/mol. The molecular formula is C16H24BrN3. The molecule has 2 aliphatic rings. The number of anilines is 1. The maximum atomic E-state index is 3.51. The van der Waals surface area contributed by atoms with Gasteiger partial charge in [-0.2, -0.15) is 0 Å². The molecular weight excluding hydrogens is 314 g/mol. The Morgan fingerprint density at radius 2 is 1.50 bits per heavy atom. The van der Waals surface area contributed by atoms with Crippen LogP contribution < -0.4 is 4.90 Å². The van der Waals surface area contributed by atoms with Crippen molar-refractivity contribution in [3.8, 4) is 0 Å². The maximum Gasteiger partial charge on any atom is 0.0367 e. The quantitative estimate of drug-likeness (QED) is 0.821. The van der Waals surface area contributed by atoms with Crippen LogP contribution in [0.3, 0.4) is 0 Å². The van der Waals surface area contributed by atoms with Crippen LogP contribution in [-0.2, 0) is 0 Å². The van der Waals surface area contributed by atoms with E-state index in [4.69, 9.17) is 0 Å². The highest BCUT2D eigenvalue weighted by molar-refractivity contribution is 9.10. The van der Waals surface area contributed by atoms with Gasteiger partial charge in [-0.05, 0) is 57.2 Å². The van der Waals surface area contributed by atoms with Gasteiger partial charge >= 0.3 is 0 Å². The Labute approximate surface area is 130 Å². The lowest BCUT2D eigenvalue weighted by Crippen LogP contribution is -2.52. The number of nitrogens with zero attached hydrogens (tertiary/aromatic N) is 3. The van der Waals surface area contributed by atoms with Crippen LogP contribution in [-0.4, -0.2) is 62.2 Å². The van der Waals surface area contributed by atoms with Crippen molar-refractivity contribution < 1.29 is 0 Å². The fourth-order valence-corrected chi connectivity index (χ4v) is 3.62. The molecule has 0 spiro atoms. The van der Waals surface area contributed by atoms with Gasteiger partial charge in [0.15, 0.2) is 0 Å². The van der Waals surface area contributed by atoms with E-state index in [1.165, 1.54) is 44.7 Å². The van der Waals surface area contributed by atoms with E-state index in [9.17, 15) is 0 Å². The molecule has 0 unspecified atom stereocenters. The molecule has 110 valence electrons. The molecule has 2 saturated heterocycles. The number of piperidine rings is 1. The molecule has 0 aromatic heterocycles. The first-order valence-electron chi connectivity index (χ1n) is 7.65. The second-order valence-electron chi connectivity index (χ2n) is 6.03. The standard InChI is InChI=1S/C16H24BrN3/c1-18-8-6-16(7-9-18)20-12-10-19(11-13-20)15-4-2-14(17)3-5-15/h2-5,16H,6-13H2,1H3. The molecule has 0 saturated carbocycles. The minimum absolute atomic E-state index is 0.818. The molecule has 2 heterocycles. The highest BCUT2D eigenvalue weighted by Gasteiger charge is 2.26. The number of piperazine rings is 1. The Balaban J connectivity index is 1.53. The third-order valence-electron chi connectivity index (χ3n) is 4.71. The highest BCUT2D eigenvalue weighted by atomic mass is 79.9. The molecule has 1 aromatic carbocycles. The maximum absolute atomic E-state index is 3.51. The van der Waals surface area contributed by atoms with Gasteiger partial charge in [0.1, 0.15) is 0 Å². The van der Waals surface area contributed by atoms with Crippen LogP contribution in [0.5, 0.6) is 0 Å². The van der Waals surface area contributed by atoms with E-state index in [2.05, 4.69) is 61.9 Å². The van der Waals surface area contributed by atoms with Gasteiger partial charge in [-0.15, -0.1) is 0 Å². The largest absolute Gasteiger partial charge is 0.369 e. The van der Waals surface area contributed by atoms with Crippen LogP contribution in [0.25, 0.3) is 0 Å². The smallest absolute Gasteiger partial charge is 0.0367 e. The van der Waals surface area contributed by atoms with Crippen molar-refractivity contribution in [2.45, 2.75) is 18.9 Å². The van der Waals surface area contributed by atoms with Crippen molar-refractivity contribution in [3.63, 3.8) is 0 Å². The summed E-state index contributed by atoms with van der Waals surface area (Å²) < 4.78 is 1.16. The Hall–Kier alpha value is -0.580. The normalized spacial score (nSPS) is 23.2. The monoisotopic (exact) mass is 337 g/mol. The summed E-state index contributed by atoms with van der Waals surface area (Å²) in [6, 6.07) is 9.53. The fraction of sp³-hybridized carbons (Fsp3) is 0.625. The zero-order valence-corrected chi connectivity index (χ0v) is 13.8. The van der Waals surface area contributed by atoms with Gasteiger partial charge in [-0.25, -0.2) is 0 Å². The zero-order chi connectivity index (χ0) is 13.9. The van der Waals surface area contributed by atoms with Crippen molar-refractivity contribution in [2.24, 2.45) is 0 Å². The third kappa shape index (κ3) is 3.35. The minimum atomic E-state index is 0.818. The number of halogens is 1. The lowest BCUT2D eigenvalue weighted by Gasteiger charge is -2.42. The van der Waals surface area contributed by atoms with Crippen molar-refractivity contribution in [3.05, 3.63) is 28.7 Å². The Kier molecular flexibility index (Phi) is 4.64. The van der Waals surface area contributed by atoms with E-state index in [0.29, 0.717) is 0 Å². The number of rotatable bonds is 2. The lowest BCUT2D eigenvalue weighted by molar-refractivity contribution is 0.115. The van der Waals surface area contributed by atoms with Crippen molar-refractivity contribution >= 4 is 21.6 Å². The predicted octanol–water partition coefficient (Wildman–Crippen LogP) is 2.67. The summed E-state index contributed by atoms with van der Waals surface area (Å²) in [7, 11) is 2.24. The fourth-order valence-electron chi connectivity index (χ4n) is 3.36. The van der Waals surface area contributed by atoms with Crippen LogP contribution in [0.15, 0.2) is 28.7 Å². The second kappa shape index (κ2) is 6.46. The summed E-state index contributed by atoms with van der Waals surface area (Å²) in [5, 5.41) is 0.